The standard InChI is InChI=1S/C26H19N7O10S2/c34-22-20-13(11-19(44-43-42-38)21(22)33-32-17-9-5-4-8-16(17)23(35)36)10-15(45(39,40)41)12-18(20)28-25-29-24(30-26(37)31-25)27-14-6-2-1-3-7-14/h1-12,34,38H,(H,35,36)(H,39,40,41)(H3,27,28,29,30,31,37). The fraction of sp³-hybridized carbons (Fsp3) is 0. The normalized spacial score (nSPS) is 11.6. The van der Waals surface area contributed by atoms with Crippen molar-refractivity contribution in [2.24, 2.45) is 10.2 Å². The highest BCUT2D eigenvalue weighted by Gasteiger charge is 2.22. The molecule has 0 fully saturated rings. The second-order valence-electron chi connectivity index (χ2n) is 8.76. The lowest BCUT2D eigenvalue weighted by molar-refractivity contribution is -0.432. The fourth-order valence-electron chi connectivity index (χ4n) is 4.01. The molecule has 0 saturated heterocycles. The molecular weight excluding hydrogens is 634 g/mol. The van der Waals surface area contributed by atoms with Gasteiger partial charge in [0.25, 0.3) is 10.1 Å². The smallest absolute Gasteiger partial charge is 0.337 e. The summed E-state index contributed by atoms with van der Waals surface area (Å²) in [6.45, 7) is 0. The zero-order valence-corrected chi connectivity index (χ0v) is 23.9. The molecule has 0 aliphatic rings. The van der Waals surface area contributed by atoms with Crippen LogP contribution in [-0.4, -0.2) is 54.5 Å². The zero-order valence-electron chi connectivity index (χ0n) is 22.3. The van der Waals surface area contributed by atoms with Gasteiger partial charge in [-0.1, -0.05) is 35.4 Å². The number of nitrogens with one attached hydrogen (secondary N) is 2. The number of benzene rings is 4. The quantitative estimate of drug-likeness (QED) is 0.0296. The molecule has 4 aromatic carbocycles. The first-order valence-electron chi connectivity index (χ1n) is 12.3. The van der Waals surface area contributed by atoms with E-state index in [9.17, 15) is 33.1 Å². The third kappa shape index (κ3) is 7.21. The molecule has 5 aromatic rings. The summed E-state index contributed by atoms with van der Waals surface area (Å²) in [6, 6.07) is 16.9. The maximum atomic E-state index is 12.2. The molecule has 0 aliphatic carbocycles. The number of hydrogen-bond acceptors (Lipinski definition) is 16. The van der Waals surface area contributed by atoms with Crippen LogP contribution in [0.15, 0.2) is 92.8 Å². The SMILES string of the molecule is O=C(O)c1ccccc1N=Nc1c(SOOO)cc2cc(S(=O)(=O)O)cc(Nc3nc(O)nc(Nc4ccccc4)n3)c2c1O. The number of phenols is 1. The van der Waals surface area contributed by atoms with Gasteiger partial charge in [-0.2, -0.15) is 23.4 Å². The number of rotatable bonds is 11. The van der Waals surface area contributed by atoms with E-state index in [1.165, 1.54) is 30.3 Å². The maximum Gasteiger partial charge on any atom is 0.337 e. The van der Waals surface area contributed by atoms with Gasteiger partial charge in [-0.25, -0.2) is 10.1 Å². The largest absolute Gasteiger partial charge is 0.505 e. The van der Waals surface area contributed by atoms with Crippen LogP contribution in [0, 0.1) is 0 Å². The number of carboxylic acid groups (broad SMARTS) is 1. The molecule has 17 nitrogen and oxygen atoms in total. The summed E-state index contributed by atoms with van der Waals surface area (Å²) < 4.78 is 38.6. The number of fused-ring (bicyclic) bond motifs is 1. The Labute approximate surface area is 256 Å². The molecular formula is C26H19N7O10S2. The number of azo groups is 1. The summed E-state index contributed by atoms with van der Waals surface area (Å²) in [5.74, 6) is -2.33. The molecule has 0 radical (unpaired) electrons. The molecule has 0 atom stereocenters. The van der Waals surface area contributed by atoms with Gasteiger partial charge in [-0.15, -0.1) is 14.6 Å². The van der Waals surface area contributed by atoms with Crippen molar-refractivity contribution in [3.05, 3.63) is 78.4 Å². The molecule has 0 bridgehead atoms. The molecule has 1 aromatic heterocycles. The van der Waals surface area contributed by atoms with E-state index in [1.54, 1.807) is 30.3 Å². The average molecular weight is 654 g/mol. The Kier molecular flexibility index (Phi) is 8.99. The van der Waals surface area contributed by atoms with Crippen LogP contribution in [0.3, 0.4) is 0 Å². The number of carbonyl (C=O) groups is 1. The van der Waals surface area contributed by atoms with Crippen molar-refractivity contribution in [1.29, 1.82) is 0 Å². The van der Waals surface area contributed by atoms with Crippen molar-refractivity contribution in [1.82, 2.24) is 15.0 Å². The molecule has 5 rings (SSSR count). The Morgan fingerprint density at radius 3 is 2.27 bits per heavy atom. The summed E-state index contributed by atoms with van der Waals surface area (Å²) in [6.07, 6.45) is 0. The van der Waals surface area contributed by atoms with E-state index in [1.807, 2.05) is 0 Å². The third-order valence-electron chi connectivity index (χ3n) is 5.87. The first-order valence-corrected chi connectivity index (χ1v) is 14.5. The van der Waals surface area contributed by atoms with Crippen LogP contribution < -0.4 is 10.6 Å². The predicted molar refractivity (Wildman–Crippen MR) is 158 cm³/mol. The maximum absolute atomic E-state index is 12.2. The highest BCUT2D eigenvalue weighted by Crippen LogP contribution is 2.47. The molecule has 1 heterocycles. The Morgan fingerprint density at radius 2 is 1.58 bits per heavy atom. The van der Waals surface area contributed by atoms with Crippen molar-refractivity contribution in [2.45, 2.75) is 9.79 Å². The lowest BCUT2D eigenvalue weighted by Crippen LogP contribution is -2.05. The third-order valence-corrected chi connectivity index (χ3v) is 7.32. The van der Waals surface area contributed by atoms with Crippen LogP contribution in [0.25, 0.3) is 10.8 Å². The molecule has 0 amide bonds. The van der Waals surface area contributed by atoms with Crippen LogP contribution in [-0.2, 0) is 19.5 Å². The monoisotopic (exact) mass is 653 g/mol. The molecule has 0 spiro atoms. The second-order valence-corrected chi connectivity index (χ2v) is 10.9. The van der Waals surface area contributed by atoms with Gasteiger partial charge >= 0.3 is 12.0 Å². The number of aromatic carboxylic acids is 1. The van der Waals surface area contributed by atoms with Gasteiger partial charge in [0.05, 0.1) is 33.1 Å². The molecule has 7 N–H and O–H groups in total. The lowest BCUT2D eigenvalue weighted by atomic mass is 10.1. The van der Waals surface area contributed by atoms with E-state index in [0.717, 1.165) is 12.1 Å². The van der Waals surface area contributed by atoms with Gasteiger partial charge in [-0.05, 0) is 47.9 Å². The molecule has 230 valence electrons. The van der Waals surface area contributed by atoms with Crippen LogP contribution in [0.1, 0.15) is 10.4 Å². The van der Waals surface area contributed by atoms with Gasteiger partial charge in [0, 0.05) is 11.1 Å². The van der Waals surface area contributed by atoms with Crippen LogP contribution in [0.5, 0.6) is 11.8 Å². The molecule has 19 heteroatoms. The average Bonchev–Trinajstić information content (AvgIpc) is 2.99. The van der Waals surface area contributed by atoms with Crippen LogP contribution >= 0.6 is 12.0 Å². The highest BCUT2D eigenvalue weighted by molar-refractivity contribution is 7.94. The summed E-state index contributed by atoms with van der Waals surface area (Å²) in [4.78, 5) is 22.7. The lowest BCUT2D eigenvalue weighted by Gasteiger charge is -2.15. The minimum Gasteiger partial charge on any atom is -0.505 e. The van der Waals surface area contributed by atoms with Gasteiger partial charge in [-0.3, -0.25) is 4.55 Å². The van der Waals surface area contributed by atoms with E-state index in [0.29, 0.717) is 17.7 Å². The van der Waals surface area contributed by atoms with Gasteiger partial charge in [0.15, 0.2) is 5.75 Å². The first kappa shape index (κ1) is 31.0. The minimum atomic E-state index is -4.81. The molecule has 0 saturated carbocycles. The summed E-state index contributed by atoms with van der Waals surface area (Å²) in [5, 5.41) is 56.8. The number of carboxylic acids is 1. The second kappa shape index (κ2) is 13.1. The van der Waals surface area contributed by atoms with E-state index in [-0.39, 0.29) is 50.2 Å². The summed E-state index contributed by atoms with van der Waals surface area (Å²) >= 11 is 0.341. The van der Waals surface area contributed by atoms with E-state index >= 15 is 0 Å². The van der Waals surface area contributed by atoms with E-state index < -0.39 is 32.7 Å². The number of aromatic hydroxyl groups is 2. The van der Waals surface area contributed by atoms with Crippen LogP contribution in [0.4, 0.5) is 34.6 Å². The Morgan fingerprint density at radius 1 is 0.889 bits per heavy atom. The molecule has 0 unspecified atom stereocenters. The molecule has 0 aliphatic heterocycles. The highest BCUT2D eigenvalue weighted by atomic mass is 32.2. The van der Waals surface area contributed by atoms with Crippen molar-refractivity contribution < 1.29 is 47.7 Å². The first-order chi connectivity index (χ1) is 21.5. The van der Waals surface area contributed by atoms with Gasteiger partial charge in [0.1, 0.15) is 11.4 Å². The number of hydrogen-bond donors (Lipinski definition) is 7. The van der Waals surface area contributed by atoms with Gasteiger partial charge < -0.3 is 26.0 Å². The Hall–Kier alpha value is -5.44. The summed E-state index contributed by atoms with van der Waals surface area (Å²) in [5.41, 5.74) is -0.201. The number of para-hydroxylation sites is 1. The van der Waals surface area contributed by atoms with Crippen molar-refractivity contribution in [2.75, 3.05) is 10.6 Å². The van der Waals surface area contributed by atoms with Crippen molar-refractivity contribution in [3.8, 4) is 11.8 Å². The van der Waals surface area contributed by atoms with Gasteiger partial charge in [0.2, 0.25) is 11.9 Å². The minimum absolute atomic E-state index is 0.0139. The van der Waals surface area contributed by atoms with E-state index in [2.05, 4.69) is 45.2 Å². The van der Waals surface area contributed by atoms with E-state index in [4.69, 9.17) is 5.26 Å². The Bertz CT molecular complexity index is 2050. The number of anilines is 4. The zero-order chi connectivity index (χ0) is 32.1. The fourth-order valence-corrected chi connectivity index (χ4v) is 5.05. The molecule has 45 heavy (non-hydrogen) atoms. The summed E-state index contributed by atoms with van der Waals surface area (Å²) in [7, 11) is -4.81. The van der Waals surface area contributed by atoms with Crippen LogP contribution in [0.2, 0.25) is 0 Å². The predicted octanol–water partition coefficient (Wildman–Crippen LogP) is 5.71. The number of nitrogens with zero attached hydrogens (tertiary/aromatic N) is 5. The number of phenolic OH excluding ortho intramolecular Hbond substituents is 1. The number of aromatic nitrogens is 3. The topological polar surface area (TPSA) is 258 Å². The van der Waals surface area contributed by atoms with Crippen molar-refractivity contribution >= 4 is 73.5 Å². The van der Waals surface area contributed by atoms with Crippen molar-refractivity contribution in [3.63, 3.8) is 0 Å². The Balaban J connectivity index is 1.68.